The van der Waals surface area contributed by atoms with E-state index in [1.165, 1.54) is 34.2 Å². The van der Waals surface area contributed by atoms with Gasteiger partial charge in [-0.1, -0.05) is 169 Å². The molecule has 216 valence electrons. The van der Waals surface area contributed by atoms with Crippen molar-refractivity contribution < 1.29 is 0 Å². The average Bonchev–Trinajstić information content (AvgIpc) is 2.77. The minimum Gasteiger partial charge on any atom is -0.0622 e. The van der Waals surface area contributed by atoms with Gasteiger partial charge >= 0.3 is 0 Å². The zero-order chi connectivity index (χ0) is 29.9. The summed E-state index contributed by atoms with van der Waals surface area (Å²) in [5, 5.41) is 0. The first-order valence-corrected chi connectivity index (χ1v) is 15.0. The monoisotopic (exact) mass is 528 g/mol. The summed E-state index contributed by atoms with van der Waals surface area (Å²) in [5.74, 6) is 0. The summed E-state index contributed by atoms with van der Waals surface area (Å²) < 4.78 is 0. The van der Waals surface area contributed by atoms with E-state index in [1.807, 2.05) is 0 Å². The van der Waals surface area contributed by atoms with Gasteiger partial charge in [-0.05, 0) is 75.2 Å². The van der Waals surface area contributed by atoms with Crippen LogP contribution in [-0.4, -0.2) is 0 Å². The molecule has 39 heavy (non-hydrogen) atoms. The van der Waals surface area contributed by atoms with Gasteiger partial charge in [-0.3, -0.25) is 0 Å². The molecule has 0 aliphatic heterocycles. The van der Waals surface area contributed by atoms with Crippen LogP contribution < -0.4 is 0 Å². The maximum absolute atomic E-state index is 2.32. The zero-order valence-electron chi connectivity index (χ0n) is 27.8. The molecule has 0 nitrogen and oxygen atoms in total. The van der Waals surface area contributed by atoms with E-state index in [2.05, 4.69) is 169 Å². The van der Waals surface area contributed by atoms with E-state index < -0.39 is 0 Å². The first-order valence-electron chi connectivity index (χ1n) is 15.0. The number of rotatable bonds is 4. The van der Waals surface area contributed by atoms with E-state index in [9.17, 15) is 0 Å². The summed E-state index contributed by atoms with van der Waals surface area (Å²) in [5.41, 5.74) is 8.64. The number of hydrogen-bond donors (Lipinski definition) is 0. The highest BCUT2D eigenvalue weighted by molar-refractivity contribution is 5.28. The van der Waals surface area contributed by atoms with Crippen molar-refractivity contribution in [3.63, 3.8) is 0 Å². The fourth-order valence-electron chi connectivity index (χ4n) is 4.52. The Morgan fingerprint density at radius 1 is 0.410 bits per heavy atom. The van der Waals surface area contributed by atoms with Gasteiger partial charge < -0.3 is 0 Å². The van der Waals surface area contributed by atoms with Crippen LogP contribution in [0, 0.1) is 16.2 Å². The van der Waals surface area contributed by atoms with Gasteiger partial charge in [0.15, 0.2) is 0 Å². The van der Waals surface area contributed by atoms with Crippen LogP contribution in [0.2, 0.25) is 0 Å². The Morgan fingerprint density at radius 2 is 0.795 bits per heavy atom. The van der Waals surface area contributed by atoms with E-state index in [4.69, 9.17) is 0 Å². The second-order valence-corrected chi connectivity index (χ2v) is 15.8. The lowest BCUT2D eigenvalue weighted by atomic mass is 9.84. The van der Waals surface area contributed by atoms with E-state index in [1.54, 1.807) is 0 Å². The first-order chi connectivity index (χ1) is 17.8. The smallest absolute Gasteiger partial charge is 0.0132 e. The van der Waals surface area contributed by atoms with Crippen molar-refractivity contribution in [2.24, 2.45) is 16.2 Å². The molecule has 3 rings (SSSR count). The Bertz CT molecular complexity index is 1060. The predicted molar refractivity (Wildman–Crippen MR) is 177 cm³/mol. The molecule has 3 aromatic carbocycles. The van der Waals surface area contributed by atoms with Crippen LogP contribution in [-0.2, 0) is 31.1 Å². The molecule has 0 saturated carbocycles. The average molecular weight is 529 g/mol. The first kappa shape index (κ1) is 34.7. The van der Waals surface area contributed by atoms with E-state index in [-0.39, 0.29) is 5.41 Å². The normalized spacial score (nSPS) is 12.1. The third kappa shape index (κ3) is 17.1. The predicted octanol–water partition coefficient (Wildman–Crippen LogP) is 11.7. The fraction of sp³-hybridized carbons (Fsp3) is 0.538. The highest BCUT2D eigenvalue weighted by atomic mass is 14.2. The fourth-order valence-corrected chi connectivity index (χ4v) is 4.52. The minimum atomic E-state index is 0.264. The number of benzene rings is 3. The maximum atomic E-state index is 2.32. The van der Waals surface area contributed by atoms with Gasteiger partial charge in [0.1, 0.15) is 0 Å². The topological polar surface area (TPSA) is 0 Å². The van der Waals surface area contributed by atoms with Crippen LogP contribution in [0.25, 0.3) is 0 Å². The molecule has 0 fully saturated rings. The molecule has 0 atom stereocenters. The lowest BCUT2D eigenvalue weighted by Gasteiger charge is -2.21. The van der Waals surface area contributed by atoms with Gasteiger partial charge in [0.05, 0.1) is 0 Å². The van der Waals surface area contributed by atoms with Crippen LogP contribution in [0.3, 0.4) is 0 Å². The van der Waals surface area contributed by atoms with Crippen molar-refractivity contribution in [1.82, 2.24) is 0 Å². The summed E-state index contributed by atoms with van der Waals surface area (Å²) in [6.45, 7) is 29.5. The zero-order valence-corrected chi connectivity index (χ0v) is 27.8. The second kappa shape index (κ2) is 14.9. The van der Waals surface area contributed by atoms with E-state index >= 15 is 0 Å². The molecule has 3 aromatic rings. The molecular weight excluding hydrogens is 468 g/mol. The SMILES string of the molecule is CC(C)(C)Cc1ccc(C(C)(C)C)cc1.CC(C)(C)Cc1ccccc1.CCc1cccc(CC(C)(C)C)c1. The molecule has 0 amide bonds. The molecule has 0 heteroatoms. The molecule has 0 saturated heterocycles. The van der Waals surface area contributed by atoms with Crippen molar-refractivity contribution in [2.45, 2.75) is 121 Å². The Balaban J connectivity index is 0.000000296. The molecule has 0 heterocycles. The van der Waals surface area contributed by atoms with Crippen LogP contribution in [0.15, 0.2) is 78.9 Å². The summed E-state index contributed by atoms with van der Waals surface area (Å²) in [7, 11) is 0. The molecule has 0 N–H and O–H groups in total. The van der Waals surface area contributed by atoms with Crippen molar-refractivity contribution in [2.75, 3.05) is 0 Å². The van der Waals surface area contributed by atoms with Crippen molar-refractivity contribution in [1.29, 1.82) is 0 Å². The second-order valence-electron chi connectivity index (χ2n) is 15.8. The van der Waals surface area contributed by atoms with Gasteiger partial charge in [0.25, 0.3) is 0 Å². The van der Waals surface area contributed by atoms with Gasteiger partial charge in [-0.25, -0.2) is 0 Å². The highest BCUT2D eigenvalue weighted by Gasteiger charge is 2.15. The minimum absolute atomic E-state index is 0.264. The Hall–Kier alpha value is -2.34. The van der Waals surface area contributed by atoms with E-state index in [0.717, 1.165) is 19.3 Å². The number of aryl methyl sites for hydroxylation is 1. The van der Waals surface area contributed by atoms with Gasteiger partial charge in [-0.15, -0.1) is 0 Å². The summed E-state index contributed by atoms with van der Waals surface area (Å²) in [4.78, 5) is 0. The van der Waals surface area contributed by atoms with Crippen molar-refractivity contribution in [3.8, 4) is 0 Å². The van der Waals surface area contributed by atoms with Crippen LogP contribution in [0.1, 0.15) is 118 Å². The Kier molecular flexibility index (Phi) is 13.2. The molecule has 0 aliphatic carbocycles. The van der Waals surface area contributed by atoms with Crippen LogP contribution in [0.4, 0.5) is 0 Å². The lowest BCUT2D eigenvalue weighted by molar-refractivity contribution is 0.411. The quantitative estimate of drug-likeness (QED) is 0.316. The molecule has 0 bridgehead atoms. The van der Waals surface area contributed by atoms with Crippen LogP contribution >= 0.6 is 0 Å². The highest BCUT2D eigenvalue weighted by Crippen LogP contribution is 2.25. The molecule has 0 spiro atoms. The third-order valence-electron chi connectivity index (χ3n) is 6.27. The summed E-state index contributed by atoms with van der Waals surface area (Å²) in [6.07, 6.45) is 4.62. The van der Waals surface area contributed by atoms with Crippen molar-refractivity contribution >= 4 is 0 Å². The third-order valence-corrected chi connectivity index (χ3v) is 6.27. The summed E-state index contributed by atoms with van der Waals surface area (Å²) >= 11 is 0. The van der Waals surface area contributed by atoms with Crippen molar-refractivity contribution in [3.05, 3.63) is 107 Å². The largest absolute Gasteiger partial charge is 0.0622 e. The lowest BCUT2D eigenvalue weighted by Crippen LogP contribution is -2.12. The van der Waals surface area contributed by atoms with Gasteiger partial charge in [0, 0.05) is 0 Å². The van der Waals surface area contributed by atoms with Gasteiger partial charge in [0.2, 0.25) is 0 Å². The summed E-state index contributed by atoms with van der Waals surface area (Å²) in [6, 6.07) is 28.6. The Morgan fingerprint density at radius 3 is 1.21 bits per heavy atom. The molecule has 0 unspecified atom stereocenters. The Labute approximate surface area is 243 Å². The number of hydrogen-bond acceptors (Lipinski definition) is 0. The molecule has 0 aromatic heterocycles. The molecule has 0 aliphatic rings. The van der Waals surface area contributed by atoms with E-state index in [0.29, 0.717) is 16.2 Å². The van der Waals surface area contributed by atoms with Crippen LogP contribution in [0.5, 0.6) is 0 Å². The molecule has 0 radical (unpaired) electrons. The standard InChI is InChI=1S/C15H24.C13H20.C11H16/c1-14(2,3)11-12-7-9-13(10-8-12)15(4,5)6;1-5-11-7-6-8-12(9-11)10-13(2,3)4;1-11(2,3)9-10-7-5-4-6-8-10/h7-10H,11H2,1-6H3;6-9H,5,10H2,1-4H3;4-8H,9H2,1-3H3. The molecular formula is C39H60. The maximum Gasteiger partial charge on any atom is -0.0132 e. The van der Waals surface area contributed by atoms with Gasteiger partial charge in [-0.2, -0.15) is 0 Å².